The van der Waals surface area contributed by atoms with Crippen molar-refractivity contribution in [2.45, 2.75) is 6.04 Å². The zero-order valence-corrected chi connectivity index (χ0v) is 14.2. The van der Waals surface area contributed by atoms with E-state index in [1.807, 2.05) is 11.4 Å². The molecule has 1 atom stereocenters. The van der Waals surface area contributed by atoms with Gasteiger partial charge >= 0.3 is 0 Å². The van der Waals surface area contributed by atoms with Crippen LogP contribution in [0.5, 0.6) is 11.5 Å². The monoisotopic (exact) mass is 409 g/mol. The Morgan fingerprint density at radius 3 is 2.37 bits per heavy atom. The number of halogens is 2. The van der Waals surface area contributed by atoms with E-state index in [0.29, 0.717) is 16.5 Å². The molecule has 2 rings (SSSR count). The van der Waals surface area contributed by atoms with Crippen LogP contribution in [0.2, 0.25) is 5.02 Å². The first-order valence-electron chi connectivity index (χ1n) is 5.47. The zero-order valence-electron chi connectivity index (χ0n) is 10.4. The number of methoxy groups -OCH3 is 2. The molecule has 0 aliphatic carbocycles. The van der Waals surface area contributed by atoms with Crippen molar-refractivity contribution in [3.8, 4) is 11.5 Å². The topological polar surface area (TPSA) is 44.5 Å². The number of benzene rings is 1. The first-order valence-corrected chi connectivity index (χ1v) is 7.81. The fourth-order valence-corrected chi connectivity index (χ4v) is 3.45. The molecule has 0 amide bonds. The second-order valence-corrected chi connectivity index (χ2v) is 7.10. The van der Waals surface area contributed by atoms with Gasteiger partial charge in [-0.15, -0.1) is 11.3 Å². The third-order valence-corrected chi connectivity index (χ3v) is 4.92. The van der Waals surface area contributed by atoms with Gasteiger partial charge in [0, 0.05) is 11.1 Å². The highest BCUT2D eigenvalue weighted by Gasteiger charge is 2.17. The van der Waals surface area contributed by atoms with Crippen LogP contribution in [0.15, 0.2) is 23.6 Å². The van der Waals surface area contributed by atoms with Crippen LogP contribution in [0.1, 0.15) is 17.2 Å². The number of hydrogen-bond acceptors (Lipinski definition) is 4. The summed E-state index contributed by atoms with van der Waals surface area (Å²) in [5.74, 6) is 1.23. The molecule has 0 aliphatic rings. The van der Waals surface area contributed by atoms with Crippen LogP contribution in [0.3, 0.4) is 0 Å². The molecule has 1 heterocycles. The summed E-state index contributed by atoms with van der Waals surface area (Å²) in [6.07, 6.45) is 0. The molecule has 1 unspecified atom stereocenters. The fourth-order valence-electron chi connectivity index (χ4n) is 1.77. The number of rotatable bonds is 4. The average Bonchev–Trinajstić information content (AvgIpc) is 2.84. The minimum atomic E-state index is -0.271. The van der Waals surface area contributed by atoms with Crippen LogP contribution >= 0.6 is 45.5 Å². The Morgan fingerprint density at radius 1 is 1.21 bits per heavy atom. The Kier molecular flexibility index (Phi) is 4.94. The van der Waals surface area contributed by atoms with Crippen molar-refractivity contribution in [3.63, 3.8) is 0 Å². The van der Waals surface area contributed by atoms with Crippen LogP contribution in [0.25, 0.3) is 0 Å². The van der Waals surface area contributed by atoms with Gasteiger partial charge in [0.1, 0.15) is 0 Å². The van der Waals surface area contributed by atoms with Gasteiger partial charge in [-0.3, -0.25) is 0 Å². The summed E-state index contributed by atoms with van der Waals surface area (Å²) in [5.41, 5.74) is 8.14. The fraction of sp³-hybridized carbons (Fsp3) is 0.231. The van der Waals surface area contributed by atoms with Gasteiger partial charge in [-0.2, -0.15) is 0 Å². The van der Waals surface area contributed by atoms with E-state index < -0.39 is 0 Å². The van der Waals surface area contributed by atoms with Gasteiger partial charge in [0.15, 0.2) is 11.5 Å². The van der Waals surface area contributed by atoms with Crippen molar-refractivity contribution in [1.82, 2.24) is 0 Å². The molecule has 0 fully saturated rings. The minimum absolute atomic E-state index is 0.271. The summed E-state index contributed by atoms with van der Waals surface area (Å²) < 4.78 is 11.7. The summed E-state index contributed by atoms with van der Waals surface area (Å²) >= 11 is 10.2. The van der Waals surface area contributed by atoms with Gasteiger partial charge in [0.2, 0.25) is 0 Å². The van der Waals surface area contributed by atoms with E-state index in [-0.39, 0.29) is 6.04 Å². The second kappa shape index (κ2) is 6.30. The Labute approximate surface area is 134 Å². The van der Waals surface area contributed by atoms with Crippen molar-refractivity contribution < 1.29 is 9.47 Å². The highest BCUT2D eigenvalue weighted by Crippen LogP contribution is 2.37. The van der Waals surface area contributed by atoms with Crippen molar-refractivity contribution >= 4 is 45.5 Å². The Balaban J connectivity index is 2.44. The van der Waals surface area contributed by atoms with Crippen LogP contribution in [-0.2, 0) is 0 Å². The van der Waals surface area contributed by atoms with E-state index >= 15 is 0 Å². The minimum Gasteiger partial charge on any atom is -0.493 e. The SMILES string of the molecule is COc1cc(Cl)c(C(N)c2csc(I)c2)cc1OC. The molecule has 0 saturated carbocycles. The van der Waals surface area contributed by atoms with E-state index in [0.717, 1.165) is 11.1 Å². The first-order chi connectivity index (χ1) is 9.06. The van der Waals surface area contributed by atoms with Gasteiger partial charge in [-0.1, -0.05) is 11.6 Å². The molecule has 3 nitrogen and oxygen atoms in total. The smallest absolute Gasteiger partial charge is 0.162 e. The normalized spacial score (nSPS) is 12.3. The van der Waals surface area contributed by atoms with Crippen molar-refractivity contribution in [2.75, 3.05) is 14.2 Å². The third-order valence-electron chi connectivity index (χ3n) is 2.78. The van der Waals surface area contributed by atoms with E-state index in [1.54, 1.807) is 31.6 Å². The molecule has 0 bridgehead atoms. The summed E-state index contributed by atoms with van der Waals surface area (Å²) in [5, 5.41) is 2.62. The summed E-state index contributed by atoms with van der Waals surface area (Å²) in [6, 6.07) is 5.35. The number of nitrogens with two attached hydrogens (primary N) is 1. The highest BCUT2D eigenvalue weighted by molar-refractivity contribution is 14.1. The molecule has 0 spiro atoms. The van der Waals surface area contributed by atoms with Crippen LogP contribution in [0, 0.1) is 2.88 Å². The van der Waals surface area contributed by atoms with Crippen molar-refractivity contribution in [3.05, 3.63) is 42.6 Å². The Bertz CT molecular complexity index is 588. The number of ether oxygens (including phenoxy) is 2. The molecule has 19 heavy (non-hydrogen) atoms. The molecule has 2 N–H and O–H groups in total. The number of hydrogen-bond donors (Lipinski definition) is 1. The summed E-state index contributed by atoms with van der Waals surface area (Å²) in [4.78, 5) is 0. The molecule has 1 aromatic carbocycles. The largest absolute Gasteiger partial charge is 0.493 e. The lowest BCUT2D eigenvalue weighted by Gasteiger charge is -2.16. The lowest BCUT2D eigenvalue weighted by atomic mass is 10.0. The Morgan fingerprint density at radius 2 is 1.84 bits per heavy atom. The Hall–Kier alpha value is -0.500. The second-order valence-electron chi connectivity index (χ2n) is 3.89. The zero-order chi connectivity index (χ0) is 14.0. The number of thiophene rings is 1. The quantitative estimate of drug-likeness (QED) is 0.774. The van der Waals surface area contributed by atoms with E-state index in [4.69, 9.17) is 26.8 Å². The van der Waals surface area contributed by atoms with Crippen LogP contribution in [0.4, 0.5) is 0 Å². The van der Waals surface area contributed by atoms with Gasteiger partial charge in [-0.25, -0.2) is 0 Å². The lowest BCUT2D eigenvalue weighted by Crippen LogP contribution is -2.12. The maximum Gasteiger partial charge on any atom is 0.162 e. The van der Waals surface area contributed by atoms with E-state index in [9.17, 15) is 0 Å². The molecule has 0 aliphatic heterocycles. The maximum absolute atomic E-state index is 6.27. The molecule has 1 aromatic heterocycles. The predicted molar refractivity (Wildman–Crippen MR) is 87.6 cm³/mol. The standard InChI is InChI=1S/C13H13ClINO2S/c1-17-10-4-8(9(14)5-11(10)18-2)13(16)7-3-12(15)19-6-7/h3-6,13H,16H2,1-2H3. The van der Waals surface area contributed by atoms with Gasteiger partial charge < -0.3 is 15.2 Å². The maximum atomic E-state index is 6.27. The van der Waals surface area contributed by atoms with Crippen molar-refractivity contribution in [2.24, 2.45) is 5.73 Å². The third kappa shape index (κ3) is 3.16. The molecule has 0 radical (unpaired) electrons. The van der Waals surface area contributed by atoms with Gasteiger partial charge in [0.25, 0.3) is 0 Å². The summed E-state index contributed by atoms with van der Waals surface area (Å²) in [7, 11) is 3.17. The van der Waals surface area contributed by atoms with Gasteiger partial charge in [-0.05, 0) is 51.2 Å². The predicted octanol–water partition coefficient (Wildman–Crippen LogP) is 4.07. The van der Waals surface area contributed by atoms with Gasteiger partial charge in [0.05, 0.1) is 23.1 Å². The van der Waals surface area contributed by atoms with Crippen LogP contribution in [-0.4, -0.2) is 14.2 Å². The molecule has 0 saturated heterocycles. The molecular formula is C13H13ClINO2S. The molecule has 6 heteroatoms. The van der Waals surface area contributed by atoms with E-state index in [2.05, 4.69) is 28.7 Å². The first kappa shape index (κ1) is 14.9. The molecular weight excluding hydrogens is 397 g/mol. The summed E-state index contributed by atoms with van der Waals surface area (Å²) in [6.45, 7) is 0. The van der Waals surface area contributed by atoms with E-state index in [1.165, 1.54) is 2.88 Å². The average molecular weight is 410 g/mol. The van der Waals surface area contributed by atoms with Crippen LogP contribution < -0.4 is 15.2 Å². The lowest BCUT2D eigenvalue weighted by molar-refractivity contribution is 0.354. The molecule has 2 aromatic rings. The highest BCUT2D eigenvalue weighted by atomic mass is 127. The van der Waals surface area contributed by atoms with Crippen molar-refractivity contribution in [1.29, 1.82) is 0 Å². The molecule has 102 valence electrons.